The van der Waals surface area contributed by atoms with Crippen LogP contribution in [-0.2, 0) is 16.6 Å². The van der Waals surface area contributed by atoms with Crippen LogP contribution in [0.3, 0.4) is 0 Å². The van der Waals surface area contributed by atoms with E-state index < -0.39 is 10.8 Å². The largest absolute Gasteiger partial charge is 0.317 e. The van der Waals surface area contributed by atoms with Gasteiger partial charge in [0.15, 0.2) is 4.47 Å². The molecule has 0 spiro atoms. The average Bonchev–Trinajstić information content (AvgIpc) is 2.65. The van der Waals surface area contributed by atoms with Gasteiger partial charge >= 0.3 is 0 Å². The molecule has 90 valence electrons. The topological polar surface area (TPSA) is 42.0 Å². The third-order valence-corrected chi connectivity index (χ3v) is 5.48. The van der Waals surface area contributed by atoms with Crippen molar-refractivity contribution in [3.63, 3.8) is 0 Å². The molecule has 0 unspecified atom stereocenters. The lowest BCUT2D eigenvalue weighted by molar-refractivity contribution is 0.405. The van der Waals surface area contributed by atoms with E-state index in [1.54, 1.807) is 6.20 Å². The minimum Gasteiger partial charge on any atom is -0.317 e. The number of aromatic nitrogens is 1. The van der Waals surface area contributed by atoms with Crippen molar-refractivity contribution in [1.29, 1.82) is 0 Å². The third kappa shape index (κ3) is 3.80. The molecular formula is C10H15ClN2OS2. The van der Waals surface area contributed by atoms with E-state index in [1.165, 1.54) is 11.3 Å². The van der Waals surface area contributed by atoms with Crippen molar-refractivity contribution >= 4 is 33.7 Å². The number of nitrogens with zero attached hydrogens (tertiary/aromatic N) is 1. The molecule has 3 nitrogen and oxygen atoms in total. The Morgan fingerprint density at radius 3 is 2.94 bits per heavy atom. The van der Waals surface area contributed by atoms with Crippen LogP contribution in [-0.4, -0.2) is 28.0 Å². The first-order valence-electron chi connectivity index (χ1n) is 5.40. The predicted octanol–water partition coefficient (Wildman–Crippen LogP) is 2.04. The van der Waals surface area contributed by atoms with Crippen molar-refractivity contribution in [2.75, 3.05) is 18.8 Å². The Morgan fingerprint density at radius 2 is 2.31 bits per heavy atom. The van der Waals surface area contributed by atoms with Gasteiger partial charge in [0.2, 0.25) is 0 Å². The summed E-state index contributed by atoms with van der Waals surface area (Å²) in [7, 11) is -0.771. The summed E-state index contributed by atoms with van der Waals surface area (Å²) in [5.74, 6) is 2.04. The average molecular weight is 279 g/mol. The number of halogens is 1. The minimum absolute atomic E-state index is 0.536. The number of nitrogens with one attached hydrogen (secondary N) is 1. The van der Waals surface area contributed by atoms with Crippen molar-refractivity contribution in [1.82, 2.24) is 10.3 Å². The summed E-state index contributed by atoms with van der Waals surface area (Å²) < 4.78 is 12.5. The maximum Gasteiger partial charge on any atom is 0.183 e. The second kappa shape index (κ2) is 6.10. The summed E-state index contributed by atoms with van der Waals surface area (Å²) in [5, 5.41) is 3.32. The van der Waals surface area contributed by atoms with Gasteiger partial charge in [-0.2, -0.15) is 0 Å². The van der Waals surface area contributed by atoms with E-state index >= 15 is 0 Å². The lowest BCUT2D eigenvalue weighted by Gasteiger charge is -2.21. The zero-order chi connectivity index (χ0) is 11.4. The van der Waals surface area contributed by atoms with Crippen molar-refractivity contribution in [2.24, 2.45) is 5.92 Å². The molecule has 1 aliphatic heterocycles. The van der Waals surface area contributed by atoms with E-state index in [-0.39, 0.29) is 0 Å². The van der Waals surface area contributed by atoms with E-state index in [2.05, 4.69) is 10.3 Å². The van der Waals surface area contributed by atoms with Crippen molar-refractivity contribution in [3.8, 4) is 0 Å². The van der Waals surface area contributed by atoms with E-state index in [0.29, 0.717) is 16.1 Å². The van der Waals surface area contributed by atoms with Crippen LogP contribution in [0.4, 0.5) is 0 Å². The second-order valence-corrected chi connectivity index (χ2v) is 7.22. The van der Waals surface area contributed by atoms with Gasteiger partial charge in [-0.3, -0.25) is 4.21 Å². The molecule has 0 amide bonds. The lowest BCUT2D eigenvalue weighted by atomic mass is 10.0. The summed E-state index contributed by atoms with van der Waals surface area (Å²) in [5.41, 5.74) is 0. The van der Waals surface area contributed by atoms with Crippen molar-refractivity contribution < 1.29 is 4.21 Å². The first-order valence-corrected chi connectivity index (χ1v) is 8.08. The van der Waals surface area contributed by atoms with Gasteiger partial charge in [-0.05, 0) is 31.8 Å². The SMILES string of the molecule is O=[S@](Cc1cnc(Cl)s1)CC1CCNCC1. The summed E-state index contributed by atoms with van der Waals surface area (Å²) in [4.78, 5) is 4.98. The number of piperidine rings is 1. The van der Waals surface area contributed by atoms with Gasteiger partial charge in [-0.1, -0.05) is 11.6 Å². The summed E-state index contributed by atoms with van der Waals surface area (Å²) in [6.07, 6.45) is 4.03. The maximum atomic E-state index is 11.9. The molecule has 0 saturated carbocycles. The highest BCUT2D eigenvalue weighted by molar-refractivity contribution is 7.84. The summed E-state index contributed by atoms with van der Waals surface area (Å²) in [6.45, 7) is 2.13. The van der Waals surface area contributed by atoms with Crippen LogP contribution in [0, 0.1) is 5.92 Å². The summed E-state index contributed by atoms with van der Waals surface area (Å²) >= 11 is 7.16. The van der Waals surface area contributed by atoms with E-state index in [0.717, 1.165) is 36.6 Å². The van der Waals surface area contributed by atoms with Crippen LogP contribution in [0.15, 0.2) is 6.20 Å². The standard InChI is InChI=1S/C10H15ClN2OS2/c11-10-13-5-9(15-10)7-16(14)6-8-1-3-12-4-2-8/h5,8,12H,1-4,6-7H2/t16-/m0/s1. The Kier molecular flexibility index (Phi) is 4.76. The lowest BCUT2D eigenvalue weighted by Crippen LogP contribution is -2.30. The molecule has 0 aromatic carbocycles. The van der Waals surface area contributed by atoms with Gasteiger partial charge in [0.25, 0.3) is 0 Å². The third-order valence-electron chi connectivity index (χ3n) is 2.71. The Hall–Kier alpha value is 0.0300. The molecule has 1 atom stereocenters. The highest BCUT2D eigenvalue weighted by atomic mass is 35.5. The molecule has 0 radical (unpaired) electrons. The zero-order valence-corrected chi connectivity index (χ0v) is 11.3. The molecule has 1 aliphatic rings. The van der Waals surface area contributed by atoms with Crippen LogP contribution >= 0.6 is 22.9 Å². The fraction of sp³-hybridized carbons (Fsp3) is 0.700. The first-order chi connectivity index (χ1) is 7.74. The number of rotatable bonds is 4. The van der Waals surface area contributed by atoms with Gasteiger partial charge in [0.1, 0.15) is 0 Å². The molecule has 1 aromatic heterocycles. The van der Waals surface area contributed by atoms with Gasteiger partial charge in [0, 0.05) is 27.6 Å². The Labute approximate surface area is 107 Å². The van der Waals surface area contributed by atoms with E-state index in [1.807, 2.05) is 0 Å². The van der Waals surface area contributed by atoms with E-state index in [9.17, 15) is 4.21 Å². The predicted molar refractivity (Wildman–Crippen MR) is 69.4 cm³/mol. The van der Waals surface area contributed by atoms with Crippen LogP contribution in [0.25, 0.3) is 0 Å². The summed E-state index contributed by atoms with van der Waals surface area (Å²) in [6, 6.07) is 0. The van der Waals surface area contributed by atoms with Gasteiger partial charge in [0.05, 0.1) is 5.75 Å². The Bertz CT molecular complexity index is 363. The molecule has 6 heteroatoms. The van der Waals surface area contributed by atoms with Crippen LogP contribution in [0.2, 0.25) is 4.47 Å². The molecule has 1 saturated heterocycles. The monoisotopic (exact) mass is 278 g/mol. The maximum absolute atomic E-state index is 11.9. The first kappa shape index (κ1) is 12.5. The molecule has 2 heterocycles. The molecule has 1 N–H and O–H groups in total. The minimum atomic E-state index is -0.771. The quantitative estimate of drug-likeness (QED) is 0.917. The number of hydrogen-bond donors (Lipinski definition) is 1. The molecule has 1 fully saturated rings. The van der Waals surface area contributed by atoms with Crippen LogP contribution in [0.5, 0.6) is 0 Å². The molecule has 0 bridgehead atoms. The number of hydrogen-bond acceptors (Lipinski definition) is 4. The molecular weight excluding hydrogens is 264 g/mol. The Balaban J connectivity index is 1.79. The second-order valence-electron chi connectivity index (χ2n) is 4.02. The smallest absolute Gasteiger partial charge is 0.183 e. The fourth-order valence-corrected chi connectivity index (χ4v) is 4.65. The normalized spacial score (nSPS) is 19.8. The zero-order valence-electron chi connectivity index (χ0n) is 8.95. The molecule has 0 aliphatic carbocycles. The molecule has 2 rings (SSSR count). The number of thiazole rings is 1. The van der Waals surface area contributed by atoms with Gasteiger partial charge in [-0.25, -0.2) is 4.98 Å². The molecule has 16 heavy (non-hydrogen) atoms. The van der Waals surface area contributed by atoms with Crippen LogP contribution < -0.4 is 5.32 Å². The fourth-order valence-electron chi connectivity index (χ4n) is 1.88. The van der Waals surface area contributed by atoms with E-state index in [4.69, 9.17) is 11.6 Å². The van der Waals surface area contributed by atoms with Crippen molar-refractivity contribution in [2.45, 2.75) is 18.6 Å². The van der Waals surface area contributed by atoms with Crippen LogP contribution in [0.1, 0.15) is 17.7 Å². The highest BCUT2D eigenvalue weighted by Gasteiger charge is 2.16. The van der Waals surface area contributed by atoms with Crippen molar-refractivity contribution in [3.05, 3.63) is 15.5 Å². The highest BCUT2D eigenvalue weighted by Crippen LogP contribution is 2.20. The van der Waals surface area contributed by atoms with Gasteiger partial charge < -0.3 is 5.32 Å². The molecule has 1 aromatic rings. The Morgan fingerprint density at radius 1 is 1.56 bits per heavy atom. The van der Waals surface area contributed by atoms with Gasteiger partial charge in [-0.15, -0.1) is 11.3 Å².